The second kappa shape index (κ2) is 6.70. The van der Waals surface area contributed by atoms with Crippen LogP contribution in [0, 0.1) is 0 Å². The Morgan fingerprint density at radius 1 is 1.06 bits per heavy atom. The van der Waals surface area contributed by atoms with Crippen molar-refractivity contribution in [3.8, 4) is 0 Å². The average Bonchev–Trinajstić information content (AvgIpc) is 2.93. The van der Waals surface area contributed by atoms with Crippen molar-refractivity contribution in [2.45, 2.75) is 12.8 Å². The minimum Gasteiger partial charge on any atom is -0.379 e. The van der Waals surface area contributed by atoms with E-state index in [0.29, 0.717) is 6.54 Å². The van der Waals surface area contributed by atoms with Crippen LogP contribution in [0.25, 0.3) is 0 Å². The maximum atomic E-state index is 11.7. The molecule has 2 aliphatic rings. The Hall–Kier alpha value is -1.14. The lowest BCUT2D eigenvalue weighted by molar-refractivity contribution is -0.145. The zero-order valence-corrected chi connectivity index (χ0v) is 10.7. The first kappa shape index (κ1) is 13.3. The Balaban J connectivity index is 1.63. The van der Waals surface area contributed by atoms with Gasteiger partial charge in [-0.05, 0) is 12.8 Å². The molecular formula is C12H21N3O3. The maximum absolute atomic E-state index is 11.7. The van der Waals surface area contributed by atoms with Crippen LogP contribution < -0.4 is 5.32 Å². The van der Waals surface area contributed by atoms with E-state index in [9.17, 15) is 9.59 Å². The summed E-state index contributed by atoms with van der Waals surface area (Å²) in [5.74, 6) is -0.848. The Morgan fingerprint density at radius 2 is 1.72 bits per heavy atom. The van der Waals surface area contributed by atoms with Crippen molar-refractivity contribution in [1.82, 2.24) is 15.1 Å². The smallest absolute Gasteiger partial charge is 0.311 e. The number of amides is 2. The van der Waals surface area contributed by atoms with Gasteiger partial charge in [-0.25, -0.2) is 0 Å². The first-order valence-electron chi connectivity index (χ1n) is 6.64. The van der Waals surface area contributed by atoms with Gasteiger partial charge in [-0.3, -0.25) is 14.5 Å². The molecule has 0 aromatic heterocycles. The van der Waals surface area contributed by atoms with Crippen molar-refractivity contribution in [1.29, 1.82) is 0 Å². The molecule has 0 atom stereocenters. The van der Waals surface area contributed by atoms with Crippen molar-refractivity contribution in [2.24, 2.45) is 0 Å². The molecule has 2 heterocycles. The molecule has 0 aromatic carbocycles. The van der Waals surface area contributed by atoms with Gasteiger partial charge in [-0.15, -0.1) is 0 Å². The number of rotatable bonds is 3. The molecule has 102 valence electrons. The summed E-state index contributed by atoms with van der Waals surface area (Å²) in [5.41, 5.74) is 0. The molecular weight excluding hydrogens is 234 g/mol. The Morgan fingerprint density at radius 3 is 2.39 bits per heavy atom. The number of morpholine rings is 1. The van der Waals surface area contributed by atoms with Crippen LogP contribution in [0.5, 0.6) is 0 Å². The highest BCUT2D eigenvalue weighted by Gasteiger charge is 2.24. The van der Waals surface area contributed by atoms with Gasteiger partial charge >= 0.3 is 11.8 Å². The molecule has 0 radical (unpaired) electrons. The third-order valence-corrected chi connectivity index (χ3v) is 3.40. The van der Waals surface area contributed by atoms with E-state index in [2.05, 4.69) is 10.2 Å². The van der Waals surface area contributed by atoms with E-state index in [-0.39, 0.29) is 5.91 Å². The van der Waals surface area contributed by atoms with Gasteiger partial charge in [0.2, 0.25) is 0 Å². The molecule has 1 N–H and O–H groups in total. The fraction of sp³-hybridized carbons (Fsp3) is 0.833. The zero-order chi connectivity index (χ0) is 12.8. The summed E-state index contributed by atoms with van der Waals surface area (Å²) in [6, 6.07) is 0. The molecule has 0 aliphatic carbocycles. The number of hydrogen-bond donors (Lipinski definition) is 1. The van der Waals surface area contributed by atoms with Crippen LogP contribution in [-0.2, 0) is 14.3 Å². The lowest BCUT2D eigenvalue weighted by Gasteiger charge is -2.26. The van der Waals surface area contributed by atoms with Crippen molar-refractivity contribution in [3.63, 3.8) is 0 Å². The minimum absolute atomic E-state index is 0.380. The Bertz CT molecular complexity index is 297. The minimum atomic E-state index is -0.467. The third-order valence-electron chi connectivity index (χ3n) is 3.40. The summed E-state index contributed by atoms with van der Waals surface area (Å²) in [6.07, 6.45) is 2.01. The predicted molar refractivity (Wildman–Crippen MR) is 66.1 cm³/mol. The van der Waals surface area contributed by atoms with Crippen molar-refractivity contribution < 1.29 is 14.3 Å². The van der Waals surface area contributed by atoms with E-state index >= 15 is 0 Å². The van der Waals surface area contributed by atoms with Gasteiger partial charge in [0.15, 0.2) is 0 Å². The van der Waals surface area contributed by atoms with E-state index in [1.54, 1.807) is 4.90 Å². The molecule has 0 saturated carbocycles. The predicted octanol–water partition coefficient (Wildman–Crippen LogP) is -0.943. The molecule has 2 saturated heterocycles. The largest absolute Gasteiger partial charge is 0.379 e. The molecule has 6 heteroatoms. The van der Waals surface area contributed by atoms with Crippen LogP contribution in [0.2, 0.25) is 0 Å². The van der Waals surface area contributed by atoms with Gasteiger partial charge in [-0.1, -0.05) is 0 Å². The molecule has 18 heavy (non-hydrogen) atoms. The van der Waals surface area contributed by atoms with Crippen LogP contribution in [0.15, 0.2) is 0 Å². The summed E-state index contributed by atoms with van der Waals surface area (Å²) in [4.78, 5) is 27.2. The van der Waals surface area contributed by atoms with E-state index in [4.69, 9.17) is 4.74 Å². The molecule has 6 nitrogen and oxygen atoms in total. The van der Waals surface area contributed by atoms with Crippen LogP contribution in [0.3, 0.4) is 0 Å². The van der Waals surface area contributed by atoms with Gasteiger partial charge in [0.05, 0.1) is 13.2 Å². The molecule has 0 spiro atoms. The lowest BCUT2D eigenvalue weighted by Crippen LogP contribution is -2.45. The first-order valence-corrected chi connectivity index (χ1v) is 6.64. The molecule has 2 rings (SSSR count). The average molecular weight is 255 g/mol. The molecule has 0 unspecified atom stereocenters. The fourth-order valence-corrected chi connectivity index (χ4v) is 2.29. The van der Waals surface area contributed by atoms with Gasteiger partial charge in [0, 0.05) is 39.3 Å². The number of nitrogens with one attached hydrogen (secondary N) is 1. The van der Waals surface area contributed by atoms with Crippen LogP contribution in [-0.4, -0.2) is 74.1 Å². The maximum Gasteiger partial charge on any atom is 0.311 e. The van der Waals surface area contributed by atoms with E-state index in [0.717, 1.165) is 58.8 Å². The third kappa shape index (κ3) is 3.68. The number of ether oxygens (including phenoxy) is 1. The molecule has 2 fully saturated rings. The number of nitrogens with zero attached hydrogens (tertiary/aromatic N) is 2. The highest BCUT2D eigenvalue weighted by molar-refractivity contribution is 6.35. The Kier molecular flexibility index (Phi) is 4.95. The summed E-state index contributed by atoms with van der Waals surface area (Å²) in [7, 11) is 0. The van der Waals surface area contributed by atoms with E-state index in [1.165, 1.54) is 0 Å². The standard InChI is InChI=1S/C12H21N3O3/c16-11(12(17)15-4-1-2-5-15)13-3-6-14-7-9-18-10-8-14/h1-10H2,(H,13,16). The first-order chi connectivity index (χ1) is 8.77. The van der Waals surface area contributed by atoms with Crippen molar-refractivity contribution in [2.75, 3.05) is 52.5 Å². The van der Waals surface area contributed by atoms with E-state index in [1.807, 2.05) is 0 Å². The summed E-state index contributed by atoms with van der Waals surface area (Å²) < 4.78 is 5.24. The van der Waals surface area contributed by atoms with Crippen molar-refractivity contribution >= 4 is 11.8 Å². The van der Waals surface area contributed by atoms with Gasteiger partial charge in [0.1, 0.15) is 0 Å². The highest BCUT2D eigenvalue weighted by atomic mass is 16.5. The zero-order valence-electron chi connectivity index (χ0n) is 10.7. The number of hydrogen-bond acceptors (Lipinski definition) is 4. The summed E-state index contributed by atoms with van der Waals surface area (Å²) in [5, 5.41) is 2.69. The monoisotopic (exact) mass is 255 g/mol. The lowest BCUT2D eigenvalue weighted by atomic mass is 10.4. The van der Waals surface area contributed by atoms with Gasteiger partial charge in [-0.2, -0.15) is 0 Å². The SMILES string of the molecule is O=C(NCCN1CCOCC1)C(=O)N1CCCC1. The van der Waals surface area contributed by atoms with Crippen LogP contribution >= 0.6 is 0 Å². The Labute approximate surface area is 107 Å². The van der Waals surface area contributed by atoms with Crippen molar-refractivity contribution in [3.05, 3.63) is 0 Å². The summed E-state index contributed by atoms with van der Waals surface area (Å²) in [6.45, 7) is 6.04. The summed E-state index contributed by atoms with van der Waals surface area (Å²) >= 11 is 0. The second-order valence-electron chi connectivity index (χ2n) is 4.71. The number of carbonyl (C=O) groups is 2. The quantitative estimate of drug-likeness (QED) is 0.661. The topological polar surface area (TPSA) is 61.9 Å². The normalized spacial score (nSPS) is 21.0. The van der Waals surface area contributed by atoms with Crippen LogP contribution in [0.1, 0.15) is 12.8 Å². The molecule has 2 amide bonds. The van der Waals surface area contributed by atoms with Gasteiger partial charge in [0.25, 0.3) is 0 Å². The second-order valence-corrected chi connectivity index (χ2v) is 4.71. The number of likely N-dealkylation sites (tertiary alicyclic amines) is 1. The fourth-order valence-electron chi connectivity index (χ4n) is 2.29. The number of carbonyl (C=O) groups excluding carboxylic acids is 2. The van der Waals surface area contributed by atoms with E-state index < -0.39 is 5.91 Å². The van der Waals surface area contributed by atoms with Crippen LogP contribution in [0.4, 0.5) is 0 Å². The highest BCUT2D eigenvalue weighted by Crippen LogP contribution is 2.07. The molecule has 0 aromatic rings. The molecule has 2 aliphatic heterocycles. The van der Waals surface area contributed by atoms with Gasteiger partial charge < -0.3 is 15.0 Å². The molecule has 0 bridgehead atoms.